The van der Waals surface area contributed by atoms with Crippen LogP contribution in [0.2, 0.25) is 0 Å². The van der Waals surface area contributed by atoms with Gasteiger partial charge in [-0.3, -0.25) is 14.5 Å². The number of likely N-dealkylation sites (N-methyl/N-ethyl adjacent to an activating group) is 1. The van der Waals surface area contributed by atoms with Crippen molar-refractivity contribution < 1.29 is 23.8 Å². The van der Waals surface area contributed by atoms with Crippen LogP contribution in [-0.2, 0) is 9.59 Å². The van der Waals surface area contributed by atoms with E-state index in [-0.39, 0.29) is 24.9 Å². The first-order chi connectivity index (χ1) is 14.6. The molecule has 2 aromatic carbocycles. The number of para-hydroxylation sites is 2. The SMILES string of the molecule is CCOc1ccccc1NC(=O)CN(CC)CC(=O)Nc1ccc2c(c1)OCCO2. The molecule has 0 unspecified atom stereocenters. The Morgan fingerprint density at radius 3 is 2.40 bits per heavy atom. The van der Waals surface area contributed by atoms with Crippen LogP contribution in [0.25, 0.3) is 0 Å². The third kappa shape index (κ3) is 5.87. The molecule has 8 nitrogen and oxygen atoms in total. The van der Waals surface area contributed by atoms with E-state index in [0.29, 0.717) is 55.0 Å². The molecule has 0 spiro atoms. The van der Waals surface area contributed by atoms with Crippen molar-refractivity contribution in [2.45, 2.75) is 13.8 Å². The topological polar surface area (TPSA) is 89.1 Å². The lowest BCUT2D eigenvalue weighted by atomic mass is 10.2. The number of hydrogen-bond acceptors (Lipinski definition) is 6. The van der Waals surface area contributed by atoms with Gasteiger partial charge in [0, 0.05) is 11.8 Å². The van der Waals surface area contributed by atoms with Crippen molar-refractivity contribution in [1.82, 2.24) is 4.90 Å². The number of carbonyl (C=O) groups excluding carboxylic acids is 2. The highest BCUT2D eigenvalue weighted by Gasteiger charge is 2.16. The monoisotopic (exact) mass is 413 g/mol. The van der Waals surface area contributed by atoms with Crippen LogP contribution in [0, 0.1) is 0 Å². The number of fused-ring (bicyclic) bond motifs is 1. The molecule has 0 fully saturated rings. The summed E-state index contributed by atoms with van der Waals surface area (Å²) in [6.07, 6.45) is 0. The second-order valence-electron chi connectivity index (χ2n) is 6.69. The van der Waals surface area contributed by atoms with Crippen LogP contribution in [0.4, 0.5) is 11.4 Å². The summed E-state index contributed by atoms with van der Waals surface area (Å²) >= 11 is 0. The zero-order chi connectivity index (χ0) is 21.3. The second kappa shape index (κ2) is 10.5. The van der Waals surface area contributed by atoms with E-state index in [1.54, 1.807) is 35.2 Å². The summed E-state index contributed by atoms with van der Waals surface area (Å²) in [4.78, 5) is 26.7. The molecule has 2 aromatic rings. The van der Waals surface area contributed by atoms with E-state index in [4.69, 9.17) is 14.2 Å². The molecule has 8 heteroatoms. The lowest BCUT2D eigenvalue weighted by Gasteiger charge is -2.21. The van der Waals surface area contributed by atoms with Gasteiger partial charge in [0.05, 0.1) is 25.4 Å². The molecule has 1 heterocycles. The highest BCUT2D eigenvalue weighted by Crippen LogP contribution is 2.32. The van der Waals surface area contributed by atoms with E-state index < -0.39 is 0 Å². The lowest BCUT2D eigenvalue weighted by Crippen LogP contribution is -2.38. The maximum absolute atomic E-state index is 12.5. The van der Waals surface area contributed by atoms with Gasteiger partial charge >= 0.3 is 0 Å². The van der Waals surface area contributed by atoms with Gasteiger partial charge in [-0.2, -0.15) is 0 Å². The molecule has 0 saturated carbocycles. The number of carbonyl (C=O) groups is 2. The fourth-order valence-electron chi connectivity index (χ4n) is 3.05. The summed E-state index contributed by atoms with van der Waals surface area (Å²) in [5, 5.41) is 5.69. The number of anilines is 2. The minimum absolute atomic E-state index is 0.0888. The van der Waals surface area contributed by atoms with E-state index in [2.05, 4.69) is 10.6 Å². The van der Waals surface area contributed by atoms with Gasteiger partial charge in [-0.25, -0.2) is 0 Å². The quantitative estimate of drug-likeness (QED) is 0.657. The molecule has 1 aliphatic heterocycles. The molecular weight excluding hydrogens is 386 g/mol. The molecule has 0 bridgehead atoms. The Kier molecular flexibility index (Phi) is 7.51. The van der Waals surface area contributed by atoms with E-state index in [1.807, 2.05) is 26.0 Å². The third-order valence-electron chi connectivity index (χ3n) is 4.47. The minimum Gasteiger partial charge on any atom is -0.492 e. The van der Waals surface area contributed by atoms with E-state index in [0.717, 1.165) is 0 Å². The van der Waals surface area contributed by atoms with Gasteiger partial charge in [-0.15, -0.1) is 0 Å². The van der Waals surface area contributed by atoms with Crippen LogP contribution in [0.1, 0.15) is 13.8 Å². The van der Waals surface area contributed by atoms with Gasteiger partial charge < -0.3 is 24.8 Å². The Morgan fingerprint density at radius 1 is 0.967 bits per heavy atom. The zero-order valence-corrected chi connectivity index (χ0v) is 17.3. The highest BCUT2D eigenvalue weighted by atomic mass is 16.6. The molecule has 3 rings (SSSR count). The van der Waals surface area contributed by atoms with Gasteiger partial charge in [-0.1, -0.05) is 19.1 Å². The molecule has 2 N–H and O–H groups in total. The van der Waals surface area contributed by atoms with Crippen molar-refractivity contribution >= 4 is 23.2 Å². The Morgan fingerprint density at radius 2 is 1.67 bits per heavy atom. The molecule has 0 atom stereocenters. The standard InChI is InChI=1S/C22H27N3O5/c1-3-25(15-22(27)24-17-7-5-6-8-18(17)28-4-2)14-21(26)23-16-9-10-19-20(13-16)30-12-11-29-19/h5-10,13H,3-4,11-12,14-15H2,1-2H3,(H,23,26)(H,24,27). The maximum atomic E-state index is 12.5. The molecule has 0 aliphatic carbocycles. The molecule has 0 saturated heterocycles. The summed E-state index contributed by atoms with van der Waals surface area (Å²) in [5.41, 5.74) is 1.23. The molecular formula is C22H27N3O5. The maximum Gasteiger partial charge on any atom is 0.238 e. The summed E-state index contributed by atoms with van der Waals surface area (Å²) in [5.74, 6) is 1.47. The van der Waals surface area contributed by atoms with Crippen molar-refractivity contribution in [2.24, 2.45) is 0 Å². The summed E-state index contributed by atoms with van der Waals surface area (Å²) in [7, 11) is 0. The molecule has 30 heavy (non-hydrogen) atoms. The summed E-state index contributed by atoms with van der Waals surface area (Å²) < 4.78 is 16.5. The number of nitrogens with zero attached hydrogens (tertiary/aromatic N) is 1. The number of benzene rings is 2. The summed E-state index contributed by atoms with van der Waals surface area (Å²) in [6, 6.07) is 12.5. The van der Waals surface area contributed by atoms with E-state index in [9.17, 15) is 9.59 Å². The van der Waals surface area contributed by atoms with Gasteiger partial charge in [-0.05, 0) is 37.7 Å². The minimum atomic E-state index is -0.212. The van der Waals surface area contributed by atoms with Crippen molar-refractivity contribution in [3.8, 4) is 17.2 Å². The predicted molar refractivity (Wildman–Crippen MR) is 114 cm³/mol. The Bertz CT molecular complexity index is 887. The van der Waals surface area contributed by atoms with Crippen LogP contribution >= 0.6 is 0 Å². The molecule has 160 valence electrons. The number of hydrogen-bond donors (Lipinski definition) is 2. The highest BCUT2D eigenvalue weighted by molar-refractivity contribution is 5.95. The number of rotatable bonds is 9. The van der Waals surface area contributed by atoms with Gasteiger partial charge in [0.15, 0.2) is 11.5 Å². The fourth-order valence-corrected chi connectivity index (χ4v) is 3.05. The normalized spacial score (nSPS) is 12.4. The van der Waals surface area contributed by atoms with Gasteiger partial charge in [0.25, 0.3) is 0 Å². The average molecular weight is 413 g/mol. The average Bonchev–Trinajstić information content (AvgIpc) is 2.74. The predicted octanol–water partition coefficient (Wildman–Crippen LogP) is 2.76. The summed E-state index contributed by atoms with van der Waals surface area (Å²) in [6.45, 7) is 6.02. The van der Waals surface area contributed by atoms with Crippen LogP contribution in [0.15, 0.2) is 42.5 Å². The van der Waals surface area contributed by atoms with Crippen LogP contribution in [0.3, 0.4) is 0 Å². The third-order valence-corrected chi connectivity index (χ3v) is 4.47. The van der Waals surface area contributed by atoms with Gasteiger partial charge in [0.1, 0.15) is 19.0 Å². The first-order valence-corrected chi connectivity index (χ1v) is 10.0. The second-order valence-corrected chi connectivity index (χ2v) is 6.69. The number of amides is 2. The number of nitrogens with one attached hydrogen (secondary N) is 2. The van der Waals surface area contributed by atoms with E-state index in [1.165, 1.54) is 0 Å². The van der Waals surface area contributed by atoms with Crippen molar-refractivity contribution in [3.63, 3.8) is 0 Å². The first-order valence-electron chi connectivity index (χ1n) is 10.0. The van der Waals surface area contributed by atoms with Gasteiger partial charge in [0.2, 0.25) is 11.8 Å². The van der Waals surface area contributed by atoms with Crippen molar-refractivity contribution in [1.29, 1.82) is 0 Å². The molecule has 0 aromatic heterocycles. The number of ether oxygens (including phenoxy) is 3. The molecule has 2 amide bonds. The smallest absolute Gasteiger partial charge is 0.238 e. The van der Waals surface area contributed by atoms with E-state index >= 15 is 0 Å². The Balaban J connectivity index is 1.53. The van der Waals surface area contributed by atoms with Crippen LogP contribution in [0.5, 0.6) is 17.2 Å². The van der Waals surface area contributed by atoms with Crippen LogP contribution < -0.4 is 24.8 Å². The lowest BCUT2D eigenvalue weighted by molar-refractivity contribution is -0.119. The fraction of sp³-hybridized carbons (Fsp3) is 0.364. The zero-order valence-electron chi connectivity index (χ0n) is 17.3. The Hall–Kier alpha value is -3.26. The molecule has 0 radical (unpaired) electrons. The first kappa shape index (κ1) is 21.4. The Labute approximate surface area is 176 Å². The largest absolute Gasteiger partial charge is 0.492 e. The molecule has 1 aliphatic rings. The van der Waals surface area contributed by atoms with Crippen LogP contribution in [-0.4, -0.2) is 56.2 Å². The van der Waals surface area contributed by atoms with Crippen molar-refractivity contribution in [3.05, 3.63) is 42.5 Å². The van der Waals surface area contributed by atoms with Crippen molar-refractivity contribution in [2.75, 3.05) is 50.1 Å².